The highest BCUT2D eigenvalue weighted by atomic mass is 19.1. The SMILES string of the molecule is CCCNc1ncc(F)c(N2CCCC3C(=O)NCC32)n1. The molecule has 2 unspecified atom stereocenters. The second-order valence-corrected chi connectivity index (χ2v) is 5.55. The first kappa shape index (κ1) is 14.0. The molecule has 2 aliphatic heterocycles. The number of amides is 1. The second-order valence-electron chi connectivity index (χ2n) is 5.55. The summed E-state index contributed by atoms with van der Waals surface area (Å²) in [7, 11) is 0. The maximum atomic E-state index is 14.1. The summed E-state index contributed by atoms with van der Waals surface area (Å²) in [5, 5.41) is 5.94. The zero-order valence-electron chi connectivity index (χ0n) is 12.1. The van der Waals surface area contributed by atoms with E-state index in [1.165, 1.54) is 6.20 Å². The molecule has 2 atom stereocenters. The summed E-state index contributed by atoms with van der Waals surface area (Å²) in [4.78, 5) is 22.0. The zero-order valence-corrected chi connectivity index (χ0v) is 12.1. The predicted octanol–water partition coefficient (Wildman–Crippen LogP) is 1.15. The van der Waals surface area contributed by atoms with E-state index >= 15 is 0 Å². The standard InChI is InChI=1S/C14H20FN5O/c1-2-5-16-14-18-7-10(15)12(19-14)20-6-3-4-9-11(20)8-17-13(9)21/h7,9,11H,2-6,8H2,1H3,(H,17,21)(H,16,18,19). The Morgan fingerprint density at radius 1 is 1.57 bits per heavy atom. The Morgan fingerprint density at radius 2 is 2.43 bits per heavy atom. The van der Waals surface area contributed by atoms with Gasteiger partial charge in [0, 0.05) is 19.6 Å². The first-order valence-electron chi connectivity index (χ1n) is 7.51. The van der Waals surface area contributed by atoms with Crippen molar-refractivity contribution in [3.8, 4) is 0 Å². The number of aromatic nitrogens is 2. The monoisotopic (exact) mass is 293 g/mol. The van der Waals surface area contributed by atoms with E-state index in [0.717, 1.165) is 32.4 Å². The highest BCUT2D eigenvalue weighted by molar-refractivity contribution is 5.83. The quantitative estimate of drug-likeness (QED) is 0.871. The number of rotatable bonds is 4. The van der Waals surface area contributed by atoms with Crippen molar-refractivity contribution < 1.29 is 9.18 Å². The van der Waals surface area contributed by atoms with E-state index in [0.29, 0.717) is 18.3 Å². The summed E-state index contributed by atoms with van der Waals surface area (Å²) in [5.41, 5.74) is 0. The van der Waals surface area contributed by atoms with Crippen LogP contribution in [0.5, 0.6) is 0 Å². The van der Waals surface area contributed by atoms with Crippen LogP contribution in [0.25, 0.3) is 0 Å². The van der Waals surface area contributed by atoms with Crippen molar-refractivity contribution in [2.24, 2.45) is 5.92 Å². The molecule has 114 valence electrons. The number of nitrogens with zero attached hydrogens (tertiary/aromatic N) is 3. The lowest BCUT2D eigenvalue weighted by molar-refractivity contribution is -0.123. The van der Waals surface area contributed by atoms with E-state index in [2.05, 4.69) is 20.6 Å². The molecule has 21 heavy (non-hydrogen) atoms. The third-order valence-corrected chi connectivity index (χ3v) is 4.13. The van der Waals surface area contributed by atoms with Gasteiger partial charge in [-0.05, 0) is 19.3 Å². The maximum Gasteiger partial charge on any atom is 0.225 e. The minimum atomic E-state index is -0.433. The van der Waals surface area contributed by atoms with Gasteiger partial charge in [0.1, 0.15) is 0 Å². The highest BCUT2D eigenvalue weighted by Gasteiger charge is 2.42. The number of carbonyl (C=O) groups is 1. The van der Waals surface area contributed by atoms with Crippen LogP contribution in [0, 0.1) is 11.7 Å². The van der Waals surface area contributed by atoms with Crippen molar-refractivity contribution in [3.05, 3.63) is 12.0 Å². The van der Waals surface area contributed by atoms with Gasteiger partial charge >= 0.3 is 0 Å². The van der Waals surface area contributed by atoms with Gasteiger partial charge in [0.15, 0.2) is 11.6 Å². The fraction of sp³-hybridized carbons (Fsp3) is 0.643. The van der Waals surface area contributed by atoms with E-state index in [4.69, 9.17) is 0 Å². The van der Waals surface area contributed by atoms with Crippen LogP contribution in [0.15, 0.2) is 6.20 Å². The first-order valence-corrected chi connectivity index (χ1v) is 7.51. The average Bonchev–Trinajstić information content (AvgIpc) is 2.88. The maximum absolute atomic E-state index is 14.1. The molecule has 2 aliphatic rings. The number of hydrogen-bond acceptors (Lipinski definition) is 5. The third-order valence-electron chi connectivity index (χ3n) is 4.13. The van der Waals surface area contributed by atoms with E-state index < -0.39 is 5.82 Å². The Hall–Kier alpha value is -1.92. The van der Waals surface area contributed by atoms with E-state index in [1.54, 1.807) is 0 Å². The molecule has 1 aromatic heterocycles. The molecule has 7 heteroatoms. The smallest absolute Gasteiger partial charge is 0.225 e. The van der Waals surface area contributed by atoms with Crippen LogP contribution >= 0.6 is 0 Å². The van der Waals surface area contributed by atoms with Gasteiger partial charge in [-0.2, -0.15) is 4.98 Å². The van der Waals surface area contributed by atoms with Gasteiger partial charge in [-0.1, -0.05) is 6.92 Å². The highest BCUT2D eigenvalue weighted by Crippen LogP contribution is 2.32. The van der Waals surface area contributed by atoms with Crippen LogP contribution in [-0.2, 0) is 4.79 Å². The Bertz CT molecular complexity index is 538. The molecule has 0 saturated carbocycles. The van der Waals surface area contributed by atoms with E-state index in [-0.39, 0.29) is 17.9 Å². The molecular weight excluding hydrogens is 273 g/mol. The fourth-order valence-electron chi connectivity index (χ4n) is 3.10. The number of fused-ring (bicyclic) bond motifs is 1. The van der Waals surface area contributed by atoms with Gasteiger partial charge in [-0.3, -0.25) is 4.79 Å². The van der Waals surface area contributed by atoms with Crippen LogP contribution < -0.4 is 15.5 Å². The summed E-state index contributed by atoms with van der Waals surface area (Å²) >= 11 is 0. The molecule has 3 rings (SSSR count). The van der Waals surface area contributed by atoms with Crippen molar-refractivity contribution in [1.29, 1.82) is 0 Å². The third kappa shape index (κ3) is 2.64. The molecule has 0 spiro atoms. The van der Waals surface area contributed by atoms with Gasteiger partial charge in [-0.15, -0.1) is 0 Å². The number of hydrogen-bond donors (Lipinski definition) is 2. The van der Waals surface area contributed by atoms with Crippen LogP contribution in [0.3, 0.4) is 0 Å². The summed E-state index contributed by atoms with van der Waals surface area (Å²) in [5.74, 6) is 0.322. The molecule has 0 aromatic carbocycles. The molecule has 2 fully saturated rings. The summed E-state index contributed by atoms with van der Waals surface area (Å²) in [6.45, 7) is 4.07. The van der Waals surface area contributed by atoms with Gasteiger partial charge in [0.2, 0.25) is 11.9 Å². The van der Waals surface area contributed by atoms with Crippen molar-refractivity contribution in [1.82, 2.24) is 15.3 Å². The molecule has 2 saturated heterocycles. The van der Waals surface area contributed by atoms with Gasteiger partial charge in [0.05, 0.1) is 18.2 Å². The first-order chi connectivity index (χ1) is 10.2. The molecular formula is C14H20FN5O. The number of anilines is 2. The van der Waals surface area contributed by atoms with Gasteiger partial charge in [-0.25, -0.2) is 9.37 Å². The van der Waals surface area contributed by atoms with Gasteiger partial charge < -0.3 is 15.5 Å². The number of carbonyl (C=O) groups excluding carboxylic acids is 1. The van der Waals surface area contributed by atoms with Crippen LogP contribution in [0.2, 0.25) is 0 Å². The van der Waals surface area contributed by atoms with Crippen molar-refractivity contribution >= 4 is 17.7 Å². The Kier molecular flexibility index (Phi) is 3.90. The lowest BCUT2D eigenvalue weighted by Crippen LogP contribution is -2.46. The van der Waals surface area contributed by atoms with Crippen LogP contribution in [0.4, 0.5) is 16.2 Å². The number of piperidine rings is 1. The lowest BCUT2D eigenvalue weighted by Gasteiger charge is -2.36. The number of halogens is 1. The molecule has 0 bridgehead atoms. The largest absolute Gasteiger partial charge is 0.354 e. The zero-order chi connectivity index (χ0) is 14.8. The van der Waals surface area contributed by atoms with Crippen molar-refractivity contribution in [2.75, 3.05) is 29.9 Å². The normalized spacial score (nSPS) is 24.7. The molecule has 1 aromatic rings. The van der Waals surface area contributed by atoms with E-state index in [1.807, 2.05) is 11.8 Å². The summed E-state index contributed by atoms with van der Waals surface area (Å²) in [6, 6.07) is -0.00493. The Balaban J connectivity index is 1.86. The lowest BCUT2D eigenvalue weighted by atomic mass is 9.91. The Morgan fingerprint density at radius 3 is 3.24 bits per heavy atom. The average molecular weight is 293 g/mol. The number of nitrogens with one attached hydrogen (secondary N) is 2. The minimum Gasteiger partial charge on any atom is -0.354 e. The van der Waals surface area contributed by atoms with Crippen molar-refractivity contribution in [2.45, 2.75) is 32.2 Å². The molecule has 6 nitrogen and oxygen atoms in total. The van der Waals surface area contributed by atoms with E-state index in [9.17, 15) is 9.18 Å². The van der Waals surface area contributed by atoms with Crippen molar-refractivity contribution in [3.63, 3.8) is 0 Å². The Labute approximate surface area is 123 Å². The second kappa shape index (κ2) is 5.83. The summed E-state index contributed by atoms with van der Waals surface area (Å²) in [6.07, 6.45) is 3.88. The molecule has 2 N–H and O–H groups in total. The molecule has 0 radical (unpaired) electrons. The van der Waals surface area contributed by atoms with Crippen LogP contribution in [-0.4, -0.2) is 41.6 Å². The predicted molar refractivity (Wildman–Crippen MR) is 77.6 cm³/mol. The van der Waals surface area contributed by atoms with Crippen LogP contribution in [0.1, 0.15) is 26.2 Å². The van der Waals surface area contributed by atoms with Gasteiger partial charge in [0.25, 0.3) is 0 Å². The minimum absolute atomic E-state index is 0.00493. The fourth-order valence-corrected chi connectivity index (χ4v) is 3.10. The molecule has 1 amide bonds. The summed E-state index contributed by atoms with van der Waals surface area (Å²) < 4.78 is 14.1. The topological polar surface area (TPSA) is 70.2 Å². The molecule has 3 heterocycles. The molecule has 0 aliphatic carbocycles.